The Morgan fingerprint density at radius 1 is 1.44 bits per heavy atom. The van der Waals surface area contributed by atoms with Gasteiger partial charge in [-0.2, -0.15) is 0 Å². The maximum atomic E-state index is 12.3. The molecule has 1 rings (SSSR count). The first-order chi connectivity index (χ1) is 8.60. The molecule has 1 aliphatic rings. The molecule has 1 aliphatic heterocycles. The topological polar surface area (TPSA) is 58.6 Å². The van der Waals surface area contributed by atoms with Crippen LogP contribution in [0.1, 0.15) is 33.6 Å². The maximum absolute atomic E-state index is 12.3. The Kier molecular flexibility index (Phi) is 6.12. The second-order valence-electron chi connectivity index (χ2n) is 4.70. The van der Waals surface area contributed by atoms with E-state index in [0.29, 0.717) is 32.7 Å². The fourth-order valence-corrected chi connectivity index (χ4v) is 2.01. The fourth-order valence-electron chi connectivity index (χ4n) is 2.01. The molecule has 104 valence electrons. The third kappa shape index (κ3) is 3.98. The Morgan fingerprint density at radius 2 is 2.17 bits per heavy atom. The summed E-state index contributed by atoms with van der Waals surface area (Å²) in [6, 6.07) is -0.383. The predicted octanol–water partition coefficient (Wildman–Crippen LogP) is 0.786. The summed E-state index contributed by atoms with van der Waals surface area (Å²) < 4.78 is 5.28. The van der Waals surface area contributed by atoms with Crippen LogP contribution in [0.3, 0.4) is 0 Å². The summed E-state index contributed by atoms with van der Waals surface area (Å²) in [5.74, 6) is 0.150. The number of hydrogen-bond acceptors (Lipinski definition) is 3. The van der Waals surface area contributed by atoms with Crippen LogP contribution in [0.25, 0.3) is 0 Å². The molecule has 0 saturated carbocycles. The van der Waals surface area contributed by atoms with Gasteiger partial charge in [0.1, 0.15) is 6.04 Å². The van der Waals surface area contributed by atoms with E-state index in [1.165, 1.54) is 0 Å². The van der Waals surface area contributed by atoms with Gasteiger partial charge in [-0.3, -0.25) is 9.59 Å². The van der Waals surface area contributed by atoms with Crippen molar-refractivity contribution in [1.82, 2.24) is 10.2 Å². The van der Waals surface area contributed by atoms with E-state index in [0.717, 1.165) is 6.42 Å². The van der Waals surface area contributed by atoms with Gasteiger partial charge in [0, 0.05) is 26.1 Å². The first-order valence-electron chi connectivity index (χ1n) is 6.76. The molecule has 2 amide bonds. The molecule has 5 nitrogen and oxygen atoms in total. The molecule has 1 N–H and O–H groups in total. The van der Waals surface area contributed by atoms with Crippen molar-refractivity contribution in [2.75, 3.05) is 26.3 Å². The Labute approximate surface area is 109 Å². The molecule has 0 aromatic carbocycles. The van der Waals surface area contributed by atoms with Crippen LogP contribution in [0, 0.1) is 5.92 Å². The maximum Gasteiger partial charge on any atom is 0.245 e. The highest BCUT2D eigenvalue weighted by atomic mass is 16.5. The minimum absolute atomic E-state index is 0.0231. The van der Waals surface area contributed by atoms with Gasteiger partial charge in [0.25, 0.3) is 0 Å². The van der Waals surface area contributed by atoms with E-state index < -0.39 is 0 Å². The lowest BCUT2D eigenvalue weighted by Crippen LogP contribution is -2.48. The van der Waals surface area contributed by atoms with Crippen molar-refractivity contribution < 1.29 is 14.3 Å². The van der Waals surface area contributed by atoms with Gasteiger partial charge in [0.05, 0.1) is 6.61 Å². The van der Waals surface area contributed by atoms with E-state index in [4.69, 9.17) is 4.74 Å². The Balaban J connectivity index is 2.67. The number of carbonyl (C=O) groups excluding carboxylic acids is 2. The lowest BCUT2D eigenvalue weighted by atomic mass is 9.98. The van der Waals surface area contributed by atoms with Crippen LogP contribution in [-0.4, -0.2) is 49.1 Å². The average Bonchev–Trinajstić information content (AvgIpc) is 2.50. The van der Waals surface area contributed by atoms with Crippen LogP contribution in [0.2, 0.25) is 0 Å². The third-order valence-electron chi connectivity index (χ3n) is 3.43. The van der Waals surface area contributed by atoms with Crippen LogP contribution in [0.15, 0.2) is 0 Å². The zero-order valence-electron chi connectivity index (χ0n) is 11.6. The lowest BCUT2D eigenvalue weighted by Gasteiger charge is -2.27. The number of carbonyl (C=O) groups is 2. The molecule has 0 aromatic rings. The first kappa shape index (κ1) is 15.0. The van der Waals surface area contributed by atoms with Crippen molar-refractivity contribution in [3.8, 4) is 0 Å². The standard InChI is InChI=1S/C13H24N2O3/c1-4-10(3)12-13(17)15(8-9-18-5-2)7-6-11(16)14-12/h10,12H,4-9H2,1-3H3,(H,14,16). The molecular formula is C13H24N2O3. The quantitative estimate of drug-likeness (QED) is 0.715. The normalized spacial score (nSPS) is 22.6. The van der Waals surface area contributed by atoms with Gasteiger partial charge in [-0.25, -0.2) is 0 Å². The minimum Gasteiger partial charge on any atom is -0.380 e. The molecule has 0 bridgehead atoms. The van der Waals surface area contributed by atoms with Gasteiger partial charge in [0.15, 0.2) is 0 Å². The number of amides is 2. The average molecular weight is 256 g/mol. The molecule has 0 aliphatic carbocycles. The summed E-state index contributed by atoms with van der Waals surface area (Å²) in [5, 5.41) is 2.83. The van der Waals surface area contributed by atoms with Crippen molar-refractivity contribution in [2.24, 2.45) is 5.92 Å². The monoisotopic (exact) mass is 256 g/mol. The van der Waals surface area contributed by atoms with Crippen LogP contribution >= 0.6 is 0 Å². The molecule has 0 aromatic heterocycles. The van der Waals surface area contributed by atoms with Gasteiger partial charge in [-0.05, 0) is 12.8 Å². The molecular weight excluding hydrogens is 232 g/mol. The van der Waals surface area contributed by atoms with Crippen molar-refractivity contribution in [3.05, 3.63) is 0 Å². The number of rotatable bonds is 6. The summed E-state index contributed by atoms with van der Waals surface area (Å²) in [7, 11) is 0. The third-order valence-corrected chi connectivity index (χ3v) is 3.43. The molecule has 1 fully saturated rings. The second kappa shape index (κ2) is 7.36. The summed E-state index contributed by atoms with van der Waals surface area (Å²) >= 11 is 0. The van der Waals surface area contributed by atoms with E-state index in [2.05, 4.69) is 5.32 Å². The summed E-state index contributed by atoms with van der Waals surface area (Å²) in [5.41, 5.74) is 0. The summed E-state index contributed by atoms with van der Waals surface area (Å²) in [6.45, 7) is 8.18. The molecule has 0 spiro atoms. The van der Waals surface area contributed by atoms with E-state index in [1.54, 1.807) is 4.90 Å². The SMILES string of the molecule is CCOCCN1CCC(=O)NC(C(C)CC)C1=O. The smallest absolute Gasteiger partial charge is 0.245 e. The van der Waals surface area contributed by atoms with Gasteiger partial charge >= 0.3 is 0 Å². The molecule has 2 atom stereocenters. The highest BCUT2D eigenvalue weighted by Gasteiger charge is 2.32. The Morgan fingerprint density at radius 3 is 2.78 bits per heavy atom. The molecule has 1 saturated heterocycles. The first-order valence-corrected chi connectivity index (χ1v) is 6.76. The molecule has 0 radical (unpaired) electrons. The lowest BCUT2D eigenvalue weighted by molar-refractivity contribution is -0.135. The van der Waals surface area contributed by atoms with Crippen LogP contribution in [0.5, 0.6) is 0 Å². The van der Waals surface area contributed by atoms with Crippen LogP contribution in [0.4, 0.5) is 0 Å². The van der Waals surface area contributed by atoms with Gasteiger partial charge in [0.2, 0.25) is 11.8 Å². The zero-order valence-corrected chi connectivity index (χ0v) is 11.6. The van der Waals surface area contributed by atoms with Gasteiger partial charge in [-0.1, -0.05) is 20.3 Å². The van der Waals surface area contributed by atoms with Crippen molar-refractivity contribution in [2.45, 2.75) is 39.7 Å². The van der Waals surface area contributed by atoms with Crippen LogP contribution in [-0.2, 0) is 14.3 Å². The van der Waals surface area contributed by atoms with Crippen molar-refractivity contribution in [3.63, 3.8) is 0 Å². The zero-order chi connectivity index (χ0) is 13.5. The molecule has 2 unspecified atom stereocenters. The molecule has 18 heavy (non-hydrogen) atoms. The molecule has 1 heterocycles. The van der Waals surface area contributed by atoms with E-state index >= 15 is 0 Å². The van der Waals surface area contributed by atoms with Crippen molar-refractivity contribution in [1.29, 1.82) is 0 Å². The number of ether oxygens (including phenoxy) is 1. The van der Waals surface area contributed by atoms with Gasteiger partial charge < -0.3 is 15.0 Å². The van der Waals surface area contributed by atoms with Gasteiger partial charge in [-0.15, -0.1) is 0 Å². The van der Waals surface area contributed by atoms with Crippen LogP contribution < -0.4 is 5.32 Å². The number of nitrogens with zero attached hydrogens (tertiary/aromatic N) is 1. The number of nitrogens with one attached hydrogen (secondary N) is 1. The second-order valence-corrected chi connectivity index (χ2v) is 4.70. The van der Waals surface area contributed by atoms with Crippen molar-refractivity contribution >= 4 is 11.8 Å². The summed E-state index contributed by atoms with van der Waals surface area (Å²) in [4.78, 5) is 25.7. The largest absolute Gasteiger partial charge is 0.380 e. The van der Waals surface area contributed by atoms with E-state index in [9.17, 15) is 9.59 Å². The molecule has 5 heteroatoms. The van der Waals surface area contributed by atoms with E-state index in [-0.39, 0.29) is 23.8 Å². The Bertz CT molecular complexity index is 294. The van der Waals surface area contributed by atoms with E-state index in [1.807, 2.05) is 20.8 Å². The highest BCUT2D eigenvalue weighted by molar-refractivity contribution is 5.90. The fraction of sp³-hybridized carbons (Fsp3) is 0.846. The highest BCUT2D eigenvalue weighted by Crippen LogP contribution is 2.14. The predicted molar refractivity (Wildman–Crippen MR) is 69.1 cm³/mol. The minimum atomic E-state index is -0.383. The summed E-state index contributed by atoms with van der Waals surface area (Å²) in [6.07, 6.45) is 1.25. The number of hydrogen-bond donors (Lipinski definition) is 1. The Hall–Kier alpha value is -1.10.